The van der Waals surface area contributed by atoms with Crippen LogP contribution >= 0.6 is 0 Å². The molecule has 0 saturated heterocycles. The van der Waals surface area contributed by atoms with E-state index in [4.69, 9.17) is 0 Å². The highest BCUT2D eigenvalue weighted by Crippen LogP contribution is 2.13. The monoisotopic (exact) mass is 266 g/mol. The van der Waals surface area contributed by atoms with Crippen LogP contribution in [0, 0.1) is 11.8 Å². The van der Waals surface area contributed by atoms with Gasteiger partial charge in [-0.1, -0.05) is 54.5 Å². The van der Waals surface area contributed by atoms with Crippen molar-refractivity contribution >= 4 is 0 Å². The molecule has 3 N–H and O–H groups in total. The van der Waals surface area contributed by atoms with Gasteiger partial charge in [0.25, 0.3) is 0 Å². The second kappa shape index (κ2) is 7.49. The molecule has 0 aromatic heterocycles. The van der Waals surface area contributed by atoms with Crippen molar-refractivity contribution in [2.24, 2.45) is 0 Å². The van der Waals surface area contributed by atoms with Crippen LogP contribution in [0.25, 0.3) is 0 Å². The highest BCUT2D eigenvalue weighted by atomic mass is 16.3. The Morgan fingerprint density at radius 1 is 1.00 bits per heavy atom. The molecule has 0 radical (unpaired) electrons. The average Bonchev–Trinajstić information content (AvgIpc) is 2.52. The summed E-state index contributed by atoms with van der Waals surface area (Å²) in [4.78, 5) is 0. The maximum absolute atomic E-state index is 10.2. The highest BCUT2D eigenvalue weighted by molar-refractivity contribution is 5.33. The lowest BCUT2D eigenvalue weighted by molar-refractivity contribution is -0.684. The maximum Gasteiger partial charge on any atom is 0.138 e. The van der Waals surface area contributed by atoms with Crippen LogP contribution in [0.4, 0.5) is 0 Å². The van der Waals surface area contributed by atoms with Gasteiger partial charge in [-0.15, -0.1) is 0 Å². The molecular formula is C18H20NO+. The second-order valence-electron chi connectivity index (χ2n) is 4.82. The minimum Gasteiger partial charge on any atom is -0.382 e. The third-order valence-corrected chi connectivity index (χ3v) is 3.24. The molecule has 0 spiro atoms. The first kappa shape index (κ1) is 14.3. The first-order chi connectivity index (χ1) is 9.77. The van der Waals surface area contributed by atoms with E-state index in [1.165, 1.54) is 0 Å². The number of hydrogen-bond donors (Lipinski definition) is 2. The summed E-state index contributed by atoms with van der Waals surface area (Å²) < 4.78 is 0. The van der Waals surface area contributed by atoms with Gasteiger partial charge in [-0.3, -0.25) is 0 Å². The van der Waals surface area contributed by atoms with Gasteiger partial charge in [0.1, 0.15) is 18.7 Å². The van der Waals surface area contributed by atoms with E-state index in [0.29, 0.717) is 6.54 Å². The van der Waals surface area contributed by atoms with Crippen molar-refractivity contribution in [3.8, 4) is 11.8 Å². The topological polar surface area (TPSA) is 36.8 Å². The Labute approximate surface area is 120 Å². The van der Waals surface area contributed by atoms with E-state index in [0.717, 1.165) is 11.1 Å². The molecule has 0 aliphatic rings. The number of hydrogen-bond acceptors (Lipinski definition) is 1. The first-order valence-electron chi connectivity index (χ1n) is 6.87. The molecule has 2 rings (SSSR count). The summed E-state index contributed by atoms with van der Waals surface area (Å²) in [5.74, 6) is 6.24. The fraction of sp³-hybridized carbons (Fsp3) is 0.222. The fourth-order valence-corrected chi connectivity index (χ4v) is 2.00. The molecule has 2 aromatic rings. The lowest BCUT2D eigenvalue weighted by Gasteiger charge is -2.16. The van der Waals surface area contributed by atoms with E-state index in [1.807, 2.05) is 67.6 Å². The lowest BCUT2D eigenvalue weighted by atomic mass is 10.0. The Morgan fingerprint density at radius 3 is 2.25 bits per heavy atom. The molecule has 0 fully saturated rings. The van der Waals surface area contributed by atoms with Crippen LogP contribution < -0.4 is 5.32 Å². The van der Waals surface area contributed by atoms with E-state index in [1.54, 1.807) is 0 Å². The Morgan fingerprint density at radius 2 is 1.60 bits per heavy atom. The molecule has 0 aliphatic carbocycles. The van der Waals surface area contributed by atoms with Crippen molar-refractivity contribution in [2.75, 3.05) is 6.54 Å². The molecular weight excluding hydrogens is 246 g/mol. The SMILES string of the molecule is C[C@@H]([NH2+]CC#Cc1ccccc1)[C@H](O)c1ccccc1. The van der Waals surface area contributed by atoms with Gasteiger partial charge in [0, 0.05) is 5.56 Å². The molecule has 2 heteroatoms. The lowest BCUT2D eigenvalue weighted by Crippen LogP contribution is -2.90. The number of rotatable bonds is 4. The quantitative estimate of drug-likeness (QED) is 0.812. The van der Waals surface area contributed by atoms with Crippen molar-refractivity contribution in [3.05, 3.63) is 71.8 Å². The van der Waals surface area contributed by atoms with Crippen LogP contribution in [0.1, 0.15) is 24.2 Å². The summed E-state index contributed by atoms with van der Waals surface area (Å²) in [5.41, 5.74) is 1.98. The van der Waals surface area contributed by atoms with E-state index >= 15 is 0 Å². The predicted octanol–water partition coefficient (Wildman–Crippen LogP) is 1.72. The molecule has 2 atom stereocenters. The summed E-state index contributed by atoms with van der Waals surface area (Å²) in [7, 11) is 0. The standard InChI is InChI=1S/C18H19NO/c1-15(18(20)17-12-6-3-7-13-17)19-14-8-11-16-9-4-2-5-10-16/h2-7,9-10,12-13,15,18-20H,14H2,1H3/p+1/t15-,18+/m1/s1. The summed E-state index contributed by atoms with van der Waals surface area (Å²) >= 11 is 0. The number of aliphatic hydroxyl groups excluding tert-OH is 1. The minimum atomic E-state index is -0.463. The van der Waals surface area contributed by atoms with Crippen molar-refractivity contribution in [3.63, 3.8) is 0 Å². The molecule has 102 valence electrons. The van der Waals surface area contributed by atoms with Crippen LogP contribution in [-0.2, 0) is 0 Å². The van der Waals surface area contributed by atoms with Gasteiger partial charge in [-0.05, 0) is 30.5 Å². The van der Waals surface area contributed by atoms with Crippen LogP contribution in [0.2, 0.25) is 0 Å². The average molecular weight is 266 g/mol. The summed E-state index contributed by atoms with van der Waals surface area (Å²) in [6.07, 6.45) is -0.463. The number of aliphatic hydroxyl groups is 1. The number of benzene rings is 2. The molecule has 2 nitrogen and oxygen atoms in total. The van der Waals surface area contributed by atoms with Gasteiger partial charge < -0.3 is 10.4 Å². The van der Waals surface area contributed by atoms with Crippen LogP contribution in [0.5, 0.6) is 0 Å². The number of quaternary nitrogens is 1. The summed E-state index contributed by atoms with van der Waals surface area (Å²) in [6.45, 7) is 2.70. The second-order valence-corrected chi connectivity index (χ2v) is 4.82. The van der Waals surface area contributed by atoms with Gasteiger partial charge in [0.2, 0.25) is 0 Å². The van der Waals surface area contributed by atoms with Gasteiger partial charge in [-0.25, -0.2) is 0 Å². The van der Waals surface area contributed by atoms with Crippen molar-refractivity contribution in [1.29, 1.82) is 0 Å². The Balaban J connectivity index is 1.84. The predicted molar refractivity (Wildman–Crippen MR) is 81.0 cm³/mol. The Kier molecular flexibility index (Phi) is 5.37. The third-order valence-electron chi connectivity index (χ3n) is 3.24. The molecule has 2 aromatic carbocycles. The highest BCUT2D eigenvalue weighted by Gasteiger charge is 2.17. The zero-order valence-corrected chi connectivity index (χ0v) is 11.7. The molecule has 0 saturated carbocycles. The first-order valence-corrected chi connectivity index (χ1v) is 6.87. The van der Waals surface area contributed by atoms with E-state index < -0.39 is 6.10 Å². The molecule has 0 unspecified atom stereocenters. The molecule has 20 heavy (non-hydrogen) atoms. The van der Waals surface area contributed by atoms with Crippen molar-refractivity contribution in [2.45, 2.75) is 19.1 Å². The zero-order valence-electron chi connectivity index (χ0n) is 11.7. The molecule has 0 heterocycles. The number of nitrogens with two attached hydrogens (primary N) is 1. The van der Waals surface area contributed by atoms with Crippen LogP contribution in [-0.4, -0.2) is 17.7 Å². The molecule has 0 amide bonds. The van der Waals surface area contributed by atoms with Crippen LogP contribution in [0.15, 0.2) is 60.7 Å². The maximum atomic E-state index is 10.2. The smallest absolute Gasteiger partial charge is 0.138 e. The van der Waals surface area contributed by atoms with Crippen LogP contribution in [0.3, 0.4) is 0 Å². The summed E-state index contributed by atoms with van der Waals surface area (Å²) in [5, 5.41) is 12.3. The third kappa shape index (κ3) is 4.24. The van der Waals surface area contributed by atoms with E-state index in [9.17, 15) is 5.11 Å². The summed E-state index contributed by atoms with van der Waals surface area (Å²) in [6, 6.07) is 19.8. The zero-order chi connectivity index (χ0) is 14.2. The van der Waals surface area contributed by atoms with E-state index in [-0.39, 0.29) is 6.04 Å². The van der Waals surface area contributed by atoms with Crippen molar-refractivity contribution < 1.29 is 10.4 Å². The Hall–Kier alpha value is -2.08. The minimum absolute atomic E-state index is 0.0856. The molecule has 0 aliphatic heterocycles. The van der Waals surface area contributed by atoms with Crippen molar-refractivity contribution in [1.82, 2.24) is 0 Å². The molecule has 0 bridgehead atoms. The fourth-order valence-electron chi connectivity index (χ4n) is 2.00. The van der Waals surface area contributed by atoms with E-state index in [2.05, 4.69) is 17.2 Å². The van der Waals surface area contributed by atoms with Gasteiger partial charge in [-0.2, -0.15) is 0 Å². The normalized spacial score (nSPS) is 13.1. The van der Waals surface area contributed by atoms with Gasteiger partial charge in [0.05, 0.1) is 0 Å². The largest absolute Gasteiger partial charge is 0.382 e. The Bertz CT molecular complexity index is 569. The van der Waals surface area contributed by atoms with Gasteiger partial charge in [0.15, 0.2) is 0 Å². The van der Waals surface area contributed by atoms with Gasteiger partial charge >= 0.3 is 0 Å².